The van der Waals surface area contributed by atoms with Gasteiger partial charge in [0.25, 0.3) is 0 Å². The Bertz CT molecular complexity index is 443. The van der Waals surface area contributed by atoms with Gasteiger partial charge in [-0.2, -0.15) is 0 Å². The molecule has 0 heterocycles. The van der Waals surface area contributed by atoms with Gasteiger partial charge in [-0.3, -0.25) is 0 Å². The van der Waals surface area contributed by atoms with Gasteiger partial charge >= 0.3 is 0 Å². The molecule has 30 heavy (non-hydrogen) atoms. The molecule has 0 aromatic heterocycles. The Hall–Kier alpha value is -0.700. The normalized spacial score (nSPS) is 25.0. The molecule has 0 spiro atoms. The molecule has 0 N–H and O–H groups in total. The number of methoxy groups -OCH3 is 2. The Balaban J connectivity index is 1.51. The molecule has 0 aromatic carbocycles. The summed E-state index contributed by atoms with van der Waals surface area (Å²) in [7, 11) is 3.44. The minimum absolute atomic E-state index is 0.104. The highest BCUT2D eigenvalue weighted by molar-refractivity contribution is 5.00. The lowest BCUT2D eigenvalue weighted by molar-refractivity contribution is -0.0894. The molecular weight excluding hydrogens is 388 g/mol. The van der Waals surface area contributed by atoms with E-state index in [-0.39, 0.29) is 18.3 Å². The summed E-state index contributed by atoms with van der Waals surface area (Å²) >= 11 is 0. The van der Waals surface area contributed by atoms with Crippen molar-refractivity contribution < 1.29 is 33.2 Å². The van der Waals surface area contributed by atoms with Crippen molar-refractivity contribution in [2.45, 2.75) is 69.7 Å². The van der Waals surface area contributed by atoms with E-state index in [0.717, 1.165) is 44.3 Å². The van der Waals surface area contributed by atoms with Gasteiger partial charge in [0.05, 0.1) is 70.3 Å². The molecule has 3 atom stereocenters. The van der Waals surface area contributed by atoms with Crippen LogP contribution >= 0.6 is 0 Å². The quantitative estimate of drug-likeness (QED) is 0.347. The van der Waals surface area contributed by atoms with Gasteiger partial charge in [0.1, 0.15) is 6.61 Å². The van der Waals surface area contributed by atoms with Crippen LogP contribution in [0.5, 0.6) is 0 Å². The van der Waals surface area contributed by atoms with Crippen LogP contribution in [0.25, 0.3) is 0 Å². The van der Waals surface area contributed by atoms with Crippen LogP contribution in [0, 0.1) is 0 Å². The predicted octanol–water partition coefficient (Wildman–Crippen LogP) is 3.50. The molecule has 2 aliphatic carbocycles. The lowest BCUT2D eigenvalue weighted by Crippen LogP contribution is -2.34. The number of allylic oxidation sites excluding steroid dienone is 1. The molecule has 7 heteroatoms. The van der Waals surface area contributed by atoms with E-state index in [1.165, 1.54) is 12.8 Å². The van der Waals surface area contributed by atoms with E-state index in [2.05, 4.69) is 6.08 Å². The van der Waals surface area contributed by atoms with E-state index in [0.29, 0.717) is 52.9 Å². The number of ether oxygens (including phenoxy) is 7. The van der Waals surface area contributed by atoms with Gasteiger partial charge in [0, 0.05) is 20.6 Å². The van der Waals surface area contributed by atoms with Crippen molar-refractivity contribution >= 4 is 0 Å². The van der Waals surface area contributed by atoms with Gasteiger partial charge in [0.2, 0.25) is 0 Å². The van der Waals surface area contributed by atoms with Gasteiger partial charge in [0.15, 0.2) is 0 Å². The van der Waals surface area contributed by atoms with Crippen LogP contribution in [0.1, 0.15) is 51.4 Å². The average Bonchev–Trinajstić information content (AvgIpc) is 3.01. The summed E-state index contributed by atoms with van der Waals surface area (Å²) in [5.41, 5.74) is 0. The standard InChI is InChI=1S/C23H42O7/c1-24-11-12-26-13-16-28-20-7-3-4-8-21(19-20)29-17-14-27-15-18-30-23-10-6-5-9-22(23)25-2/h19-20,22-23H,3-18H2,1-2H3. The van der Waals surface area contributed by atoms with E-state index >= 15 is 0 Å². The molecule has 0 bridgehead atoms. The van der Waals surface area contributed by atoms with Crippen molar-refractivity contribution in [1.29, 1.82) is 0 Å². The highest BCUT2D eigenvalue weighted by Gasteiger charge is 2.25. The second kappa shape index (κ2) is 16.9. The van der Waals surface area contributed by atoms with Crippen LogP contribution in [0.4, 0.5) is 0 Å². The van der Waals surface area contributed by atoms with E-state index in [1.54, 1.807) is 14.2 Å². The first kappa shape index (κ1) is 25.6. The van der Waals surface area contributed by atoms with Gasteiger partial charge < -0.3 is 33.2 Å². The molecule has 0 aromatic rings. The van der Waals surface area contributed by atoms with E-state index < -0.39 is 0 Å². The Labute approximate surface area is 182 Å². The zero-order chi connectivity index (χ0) is 21.3. The highest BCUT2D eigenvalue weighted by atomic mass is 16.6. The van der Waals surface area contributed by atoms with Crippen molar-refractivity contribution in [3.63, 3.8) is 0 Å². The molecule has 0 aliphatic heterocycles. The molecule has 1 fully saturated rings. The second-order valence-corrected chi connectivity index (χ2v) is 7.82. The molecule has 176 valence electrons. The molecular formula is C23H42O7. The third-order valence-electron chi connectivity index (χ3n) is 5.54. The lowest BCUT2D eigenvalue weighted by Gasteiger charge is -2.30. The third-order valence-corrected chi connectivity index (χ3v) is 5.54. The Morgan fingerprint density at radius 1 is 0.700 bits per heavy atom. The molecule has 3 unspecified atom stereocenters. The summed E-state index contributed by atoms with van der Waals surface area (Å²) in [6.45, 7) is 4.72. The smallest absolute Gasteiger partial charge is 0.111 e. The molecule has 0 amide bonds. The maximum atomic E-state index is 5.95. The van der Waals surface area contributed by atoms with Crippen LogP contribution in [0.15, 0.2) is 11.8 Å². The third kappa shape index (κ3) is 11.1. The van der Waals surface area contributed by atoms with Crippen molar-refractivity contribution in [3.05, 3.63) is 11.8 Å². The maximum Gasteiger partial charge on any atom is 0.111 e. The summed E-state index contributed by atoms with van der Waals surface area (Å²) < 4.78 is 39.4. The maximum absolute atomic E-state index is 5.95. The molecule has 0 radical (unpaired) electrons. The first-order valence-electron chi connectivity index (χ1n) is 11.6. The van der Waals surface area contributed by atoms with Gasteiger partial charge in [-0.15, -0.1) is 0 Å². The average molecular weight is 431 g/mol. The SMILES string of the molecule is COCCOCCOC1C=C(OCCOCCOC2CCCCC2OC)CCCC1. The minimum Gasteiger partial charge on any atom is -0.496 e. The fourth-order valence-electron chi connectivity index (χ4n) is 3.89. The largest absolute Gasteiger partial charge is 0.496 e. The zero-order valence-corrected chi connectivity index (χ0v) is 19.0. The Morgan fingerprint density at radius 2 is 1.37 bits per heavy atom. The summed E-state index contributed by atoms with van der Waals surface area (Å²) in [5.74, 6) is 1.02. The minimum atomic E-state index is 0.104. The van der Waals surface area contributed by atoms with Crippen LogP contribution < -0.4 is 0 Å². The Morgan fingerprint density at radius 3 is 2.13 bits per heavy atom. The molecule has 1 saturated carbocycles. The van der Waals surface area contributed by atoms with Crippen molar-refractivity contribution in [2.75, 3.05) is 67.1 Å². The summed E-state index contributed by atoms with van der Waals surface area (Å²) in [5, 5.41) is 0. The second-order valence-electron chi connectivity index (χ2n) is 7.82. The fourth-order valence-corrected chi connectivity index (χ4v) is 3.89. The highest BCUT2D eigenvalue weighted by Crippen LogP contribution is 2.23. The monoisotopic (exact) mass is 430 g/mol. The topological polar surface area (TPSA) is 64.6 Å². The Kier molecular flexibility index (Phi) is 14.4. The van der Waals surface area contributed by atoms with Crippen molar-refractivity contribution in [3.8, 4) is 0 Å². The summed E-state index contributed by atoms with van der Waals surface area (Å²) in [6, 6.07) is 0. The van der Waals surface area contributed by atoms with Crippen LogP contribution in [0.2, 0.25) is 0 Å². The number of rotatable bonds is 16. The van der Waals surface area contributed by atoms with Crippen molar-refractivity contribution in [1.82, 2.24) is 0 Å². The van der Waals surface area contributed by atoms with E-state index in [4.69, 9.17) is 33.2 Å². The van der Waals surface area contributed by atoms with E-state index in [9.17, 15) is 0 Å². The molecule has 0 saturated heterocycles. The van der Waals surface area contributed by atoms with E-state index in [1.807, 2.05) is 0 Å². The summed E-state index contributed by atoms with van der Waals surface area (Å²) in [6.07, 6.45) is 11.6. The molecule has 7 nitrogen and oxygen atoms in total. The lowest BCUT2D eigenvalue weighted by atomic mass is 9.94. The zero-order valence-electron chi connectivity index (χ0n) is 19.0. The fraction of sp³-hybridized carbons (Fsp3) is 0.913. The van der Waals surface area contributed by atoms with Crippen LogP contribution in [-0.4, -0.2) is 85.4 Å². The van der Waals surface area contributed by atoms with Crippen LogP contribution in [0.3, 0.4) is 0 Å². The van der Waals surface area contributed by atoms with Crippen LogP contribution in [-0.2, 0) is 33.2 Å². The molecule has 2 aliphatic rings. The van der Waals surface area contributed by atoms with Gasteiger partial charge in [-0.25, -0.2) is 0 Å². The molecule has 2 rings (SSSR count). The van der Waals surface area contributed by atoms with Gasteiger partial charge in [-0.1, -0.05) is 19.3 Å². The first-order valence-corrected chi connectivity index (χ1v) is 11.6. The van der Waals surface area contributed by atoms with Gasteiger partial charge in [-0.05, 0) is 31.8 Å². The van der Waals surface area contributed by atoms with Crippen molar-refractivity contribution in [2.24, 2.45) is 0 Å². The number of hydrogen-bond donors (Lipinski definition) is 0. The predicted molar refractivity (Wildman–Crippen MR) is 115 cm³/mol. The number of hydrogen-bond acceptors (Lipinski definition) is 7. The first-order chi connectivity index (χ1) is 14.8. The summed E-state index contributed by atoms with van der Waals surface area (Å²) in [4.78, 5) is 0.